The van der Waals surface area contributed by atoms with Gasteiger partial charge in [-0.15, -0.1) is 11.3 Å². The van der Waals surface area contributed by atoms with Gasteiger partial charge in [-0.3, -0.25) is 9.36 Å². The van der Waals surface area contributed by atoms with Crippen molar-refractivity contribution >= 4 is 21.6 Å². The van der Waals surface area contributed by atoms with E-state index in [-0.39, 0.29) is 5.56 Å². The van der Waals surface area contributed by atoms with E-state index in [4.69, 9.17) is 9.47 Å². The second kappa shape index (κ2) is 6.08. The van der Waals surface area contributed by atoms with Crippen LogP contribution in [0.3, 0.4) is 0 Å². The largest absolute Gasteiger partial charge is 0.351 e. The van der Waals surface area contributed by atoms with E-state index in [1.807, 2.05) is 25.3 Å². The molecule has 0 aliphatic carbocycles. The van der Waals surface area contributed by atoms with Gasteiger partial charge in [-0.05, 0) is 25.3 Å². The first kappa shape index (κ1) is 13.2. The van der Waals surface area contributed by atoms with Crippen molar-refractivity contribution in [3.8, 4) is 0 Å². The molecule has 0 spiro atoms. The van der Waals surface area contributed by atoms with Gasteiger partial charge in [0.1, 0.15) is 4.70 Å². The van der Waals surface area contributed by atoms with E-state index in [1.54, 1.807) is 6.33 Å². The minimum atomic E-state index is -0.406. The Bertz CT molecular complexity index is 558. The van der Waals surface area contributed by atoms with Crippen LogP contribution < -0.4 is 5.56 Å². The van der Waals surface area contributed by atoms with Crippen LogP contribution in [-0.2, 0) is 16.0 Å². The average Bonchev–Trinajstić information content (AvgIpc) is 2.82. The zero-order valence-corrected chi connectivity index (χ0v) is 11.3. The van der Waals surface area contributed by atoms with Gasteiger partial charge in [0.2, 0.25) is 0 Å². The first-order chi connectivity index (χ1) is 8.76. The van der Waals surface area contributed by atoms with Gasteiger partial charge in [-0.2, -0.15) is 0 Å². The smallest absolute Gasteiger partial charge is 0.271 e. The van der Waals surface area contributed by atoms with E-state index >= 15 is 0 Å². The molecule has 6 heteroatoms. The first-order valence-electron chi connectivity index (χ1n) is 5.92. The summed E-state index contributed by atoms with van der Waals surface area (Å²) in [4.78, 5) is 16.4. The third kappa shape index (κ3) is 2.77. The van der Waals surface area contributed by atoms with Crippen LogP contribution in [0.5, 0.6) is 0 Å². The molecular weight excluding hydrogens is 252 g/mol. The maximum Gasteiger partial charge on any atom is 0.271 e. The molecule has 0 amide bonds. The van der Waals surface area contributed by atoms with Crippen LogP contribution in [0.2, 0.25) is 0 Å². The Morgan fingerprint density at radius 2 is 2.11 bits per heavy atom. The third-order valence-electron chi connectivity index (χ3n) is 2.49. The van der Waals surface area contributed by atoms with E-state index in [0.29, 0.717) is 24.5 Å². The van der Waals surface area contributed by atoms with Gasteiger partial charge in [0.15, 0.2) is 6.29 Å². The third-order valence-corrected chi connectivity index (χ3v) is 3.38. The predicted molar refractivity (Wildman–Crippen MR) is 70.9 cm³/mol. The lowest BCUT2D eigenvalue weighted by Gasteiger charge is -2.17. The van der Waals surface area contributed by atoms with Crippen LogP contribution in [0.1, 0.15) is 13.8 Å². The average molecular weight is 268 g/mol. The molecule has 0 saturated heterocycles. The van der Waals surface area contributed by atoms with Gasteiger partial charge >= 0.3 is 0 Å². The van der Waals surface area contributed by atoms with Gasteiger partial charge in [0.05, 0.1) is 18.4 Å². The molecule has 2 aromatic heterocycles. The number of hydrogen-bond donors (Lipinski definition) is 0. The molecule has 0 saturated carbocycles. The van der Waals surface area contributed by atoms with E-state index in [0.717, 1.165) is 5.52 Å². The highest BCUT2D eigenvalue weighted by molar-refractivity contribution is 7.17. The van der Waals surface area contributed by atoms with E-state index in [1.165, 1.54) is 15.9 Å². The second-order valence-electron chi connectivity index (χ2n) is 3.68. The van der Waals surface area contributed by atoms with E-state index in [9.17, 15) is 4.79 Å². The van der Waals surface area contributed by atoms with Crippen molar-refractivity contribution in [3.63, 3.8) is 0 Å². The van der Waals surface area contributed by atoms with Crippen LogP contribution in [-0.4, -0.2) is 29.1 Å². The molecular formula is C12H16N2O3S. The van der Waals surface area contributed by atoms with Gasteiger partial charge in [-0.25, -0.2) is 4.98 Å². The Kier molecular flexibility index (Phi) is 4.46. The molecule has 0 N–H and O–H groups in total. The van der Waals surface area contributed by atoms with Crippen LogP contribution in [0, 0.1) is 0 Å². The fraction of sp³-hybridized carbons (Fsp3) is 0.500. The lowest BCUT2D eigenvalue weighted by molar-refractivity contribution is -0.144. The van der Waals surface area contributed by atoms with Crippen molar-refractivity contribution < 1.29 is 9.47 Å². The van der Waals surface area contributed by atoms with Gasteiger partial charge in [0, 0.05) is 13.2 Å². The Balaban J connectivity index is 2.24. The normalized spacial score (nSPS) is 11.5. The molecule has 0 fully saturated rings. The van der Waals surface area contributed by atoms with Gasteiger partial charge in [0.25, 0.3) is 5.56 Å². The minimum Gasteiger partial charge on any atom is -0.351 e. The number of aromatic nitrogens is 2. The molecule has 0 unspecified atom stereocenters. The number of nitrogens with zero attached hydrogens (tertiary/aromatic N) is 2. The Labute approximate surface area is 109 Å². The minimum absolute atomic E-state index is 0.0422. The summed E-state index contributed by atoms with van der Waals surface area (Å²) < 4.78 is 13.1. The Hall–Kier alpha value is -1.24. The highest BCUT2D eigenvalue weighted by Gasteiger charge is 2.12. The fourth-order valence-electron chi connectivity index (χ4n) is 1.69. The summed E-state index contributed by atoms with van der Waals surface area (Å²) in [5.74, 6) is 0. The quantitative estimate of drug-likeness (QED) is 0.750. The standard InChI is InChI=1S/C12H16N2O3S/c1-3-16-10(17-4-2)7-14-8-13-9-5-6-18-11(9)12(14)15/h5-6,8,10H,3-4,7H2,1-2H3. The summed E-state index contributed by atoms with van der Waals surface area (Å²) >= 11 is 1.40. The zero-order valence-electron chi connectivity index (χ0n) is 10.5. The summed E-state index contributed by atoms with van der Waals surface area (Å²) in [5.41, 5.74) is 0.699. The summed E-state index contributed by atoms with van der Waals surface area (Å²) in [5, 5.41) is 1.87. The zero-order chi connectivity index (χ0) is 13.0. The molecule has 0 radical (unpaired) electrons. The highest BCUT2D eigenvalue weighted by Crippen LogP contribution is 2.13. The monoisotopic (exact) mass is 268 g/mol. The van der Waals surface area contributed by atoms with Crippen LogP contribution in [0.15, 0.2) is 22.6 Å². The fourth-order valence-corrected chi connectivity index (χ4v) is 2.49. The summed E-state index contributed by atoms with van der Waals surface area (Å²) in [6, 6.07) is 1.84. The second-order valence-corrected chi connectivity index (χ2v) is 4.59. The summed E-state index contributed by atoms with van der Waals surface area (Å²) in [7, 11) is 0. The van der Waals surface area contributed by atoms with Gasteiger partial charge in [-0.1, -0.05) is 0 Å². The lowest BCUT2D eigenvalue weighted by atomic mass is 10.4. The molecule has 2 heterocycles. The molecule has 2 aromatic rings. The molecule has 18 heavy (non-hydrogen) atoms. The van der Waals surface area contributed by atoms with Crippen molar-refractivity contribution in [1.82, 2.24) is 9.55 Å². The molecule has 98 valence electrons. The molecule has 0 aliphatic rings. The van der Waals surface area contributed by atoms with E-state index in [2.05, 4.69) is 4.98 Å². The van der Waals surface area contributed by atoms with Crippen molar-refractivity contribution in [3.05, 3.63) is 28.1 Å². The predicted octanol–water partition coefficient (Wildman–Crippen LogP) is 1.86. The van der Waals surface area contributed by atoms with Crippen LogP contribution in [0.25, 0.3) is 10.2 Å². The summed E-state index contributed by atoms with van der Waals surface area (Å²) in [6.45, 7) is 5.26. The van der Waals surface area contributed by atoms with Crippen molar-refractivity contribution in [2.75, 3.05) is 13.2 Å². The molecule has 0 bridgehead atoms. The van der Waals surface area contributed by atoms with Crippen molar-refractivity contribution in [1.29, 1.82) is 0 Å². The molecule has 2 rings (SSSR count). The number of ether oxygens (including phenoxy) is 2. The van der Waals surface area contributed by atoms with Crippen molar-refractivity contribution in [2.45, 2.75) is 26.7 Å². The van der Waals surface area contributed by atoms with E-state index < -0.39 is 6.29 Å². The number of rotatable bonds is 6. The molecule has 5 nitrogen and oxygen atoms in total. The number of fused-ring (bicyclic) bond motifs is 1. The SMILES string of the molecule is CCOC(Cn1cnc2ccsc2c1=O)OCC. The molecule has 0 atom stereocenters. The van der Waals surface area contributed by atoms with Crippen molar-refractivity contribution in [2.24, 2.45) is 0 Å². The molecule has 0 aromatic carbocycles. The number of thiophene rings is 1. The maximum absolute atomic E-state index is 12.2. The number of hydrogen-bond acceptors (Lipinski definition) is 5. The maximum atomic E-state index is 12.2. The highest BCUT2D eigenvalue weighted by atomic mass is 32.1. The first-order valence-corrected chi connectivity index (χ1v) is 6.80. The lowest BCUT2D eigenvalue weighted by Crippen LogP contribution is -2.30. The van der Waals surface area contributed by atoms with Crippen LogP contribution in [0.4, 0.5) is 0 Å². The topological polar surface area (TPSA) is 53.4 Å². The van der Waals surface area contributed by atoms with Crippen LogP contribution >= 0.6 is 11.3 Å². The Morgan fingerprint density at radius 3 is 2.78 bits per heavy atom. The molecule has 0 aliphatic heterocycles. The Morgan fingerprint density at radius 1 is 1.39 bits per heavy atom. The summed E-state index contributed by atoms with van der Waals surface area (Å²) in [6.07, 6.45) is 1.14. The van der Waals surface area contributed by atoms with Gasteiger partial charge < -0.3 is 9.47 Å².